The summed E-state index contributed by atoms with van der Waals surface area (Å²) < 4.78 is 5.15. The van der Waals surface area contributed by atoms with Crippen molar-refractivity contribution in [2.75, 3.05) is 12.9 Å². The van der Waals surface area contributed by atoms with Crippen LogP contribution in [-0.2, 0) is 11.2 Å². The molecule has 0 saturated carbocycles. The Kier molecular flexibility index (Phi) is 8.06. The smallest absolute Gasteiger partial charge is 0.270 e. The summed E-state index contributed by atoms with van der Waals surface area (Å²) in [6.45, 7) is 1.97. The van der Waals surface area contributed by atoms with Crippen molar-refractivity contribution in [3.8, 4) is 23.1 Å². The van der Waals surface area contributed by atoms with Gasteiger partial charge >= 0.3 is 0 Å². The van der Waals surface area contributed by atoms with E-state index in [1.54, 1.807) is 31.4 Å². The number of rotatable bonds is 9. The minimum absolute atomic E-state index is 0.0196. The molecule has 2 N–H and O–H groups in total. The van der Waals surface area contributed by atoms with E-state index in [4.69, 9.17) is 4.74 Å². The molecule has 0 fully saturated rings. The number of aromatic nitrogens is 2. The minimum Gasteiger partial charge on any atom is -0.497 e. The summed E-state index contributed by atoms with van der Waals surface area (Å²) in [5.74, 6) is 0.616. The Bertz CT molecular complexity index is 1150. The molecular formula is C24H24N4O3S. The zero-order chi connectivity index (χ0) is 22.9. The van der Waals surface area contributed by atoms with Crippen LogP contribution >= 0.6 is 11.8 Å². The average molecular weight is 449 g/mol. The van der Waals surface area contributed by atoms with Crippen LogP contribution in [0.5, 0.6) is 5.75 Å². The second-order valence-corrected chi connectivity index (χ2v) is 8.18. The number of carbonyl (C=O) groups excluding carboxylic acids is 1. The van der Waals surface area contributed by atoms with Crippen LogP contribution in [0.1, 0.15) is 24.5 Å². The molecule has 32 heavy (non-hydrogen) atoms. The summed E-state index contributed by atoms with van der Waals surface area (Å²) in [5.41, 5.74) is 1.52. The minimum atomic E-state index is -0.535. The second kappa shape index (κ2) is 11.2. The van der Waals surface area contributed by atoms with Gasteiger partial charge in [0, 0.05) is 11.6 Å². The van der Waals surface area contributed by atoms with E-state index >= 15 is 0 Å². The van der Waals surface area contributed by atoms with Gasteiger partial charge in [-0.25, -0.2) is 4.98 Å². The highest BCUT2D eigenvalue weighted by Crippen LogP contribution is 2.24. The fourth-order valence-electron chi connectivity index (χ4n) is 3.13. The van der Waals surface area contributed by atoms with E-state index in [1.165, 1.54) is 5.56 Å². The van der Waals surface area contributed by atoms with Crippen LogP contribution in [-0.4, -0.2) is 34.8 Å². The van der Waals surface area contributed by atoms with E-state index in [0.29, 0.717) is 11.3 Å². The molecule has 0 aliphatic heterocycles. The zero-order valence-corrected chi connectivity index (χ0v) is 18.7. The largest absolute Gasteiger partial charge is 0.497 e. The summed E-state index contributed by atoms with van der Waals surface area (Å²) in [7, 11) is 1.56. The molecule has 1 amide bonds. The molecule has 8 heteroatoms. The summed E-state index contributed by atoms with van der Waals surface area (Å²) in [4.78, 5) is 31.7. The van der Waals surface area contributed by atoms with Crippen LogP contribution < -0.4 is 15.6 Å². The third kappa shape index (κ3) is 6.22. The summed E-state index contributed by atoms with van der Waals surface area (Å²) in [6, 6.07) is 19.0. The van der Waals surface area contributed by atoms with Crippen molar-refractivity contribution in [3.63, 3.8) is 0 Å². The van der Waals surface area contributed by atoms with Crippen LogP contribution in [0.15, 0.2) is 64.5 Å². The quantitative estimate of drug-likeness (QED) is 0.383. The first-order valence-electron chi connectivity index (χ1n) is 10.1. The number of amides is 1. The molecule has 1 aromatic heterocycles. The highest BCUT2D eigenvalue weighted by atomic mass is 32.2. The molecule has 0 saturated heterocycles. The lowest BCUT2D eigenvalue weighted by atomic mass is 10.1. The molecule has 0 spiro atoms. The first kappa shape index (κ1) is 23.1. The van der Waals surface area contributed by atoms with Gasteiger partial charge in [-0.05, 0) is 49.6 Å². The molecule has 1 atom stereocenters. The van der Waals surface area contributed by atoms with Crippen molar-refractivity contribution < 1.29 is 9.53 Å². The number of aromatic amines is 1. The molecule has 3 rings (SSSR count). The van der Waals surface area contributed by atoms with Gasteiger partial charge in [-0.1, -0.05) is 42.1 Å². The molecular weight excluding hydrogens is 424 g/mol. The fourth-order valence-corrected chi connectivity index (χ4v) is 3.80. The van der Waals surface area contributed by atoms with Crippen LogP contribution in [0.3, 0.4) is 0 Å². The summed E-state index contributed by atoms with van der Waals surface area (Å²) in [5, 5.41) is 12.7. The molecule has 0 bridgehead atoms. The standard InChI is InChI=1S/C24H24N4O3S/c1-16(8-9-17-6-4-3-5-7-17)26-21(29)15-32-24-27-22(20(14-25)23(30)28-24)18-10-12-19(31-2)13-11-18/h3-7,10-13,16H,8-9,15H2,1-2H3,(H,26,29)(H,27,28,30)/t16-/m0/s1. The number of methoxy groups -OCH3 is 1. The Balaban J connectivity index is 1.63. The van der Waals surface area contributed by atoms with E-state index < -0.39 is 5.56 Å². The van der Waals surface area contributed by atoms with Crippen molar-refractivity contribution >= 4 is 17.7 Å². The number of nitrogens with zero attached hydrogens (tertiary/aromatic N) is 2. The zero-order valence-electron chi connectivity index (χ0n) is 17.9. The maximum absolute atomic E-state index is 12.4. The van der Waals surface area contributed by atoms with E-state index in [2.05, 4.69) is 27.4 Å². The van der Waals surface area contributed by atoms with Crippen molar-refractivity contribution in [2.24, 2.45) is 0 Å². The lowest BCUT2D eigenvalue weighted by Gasteiger charge is -2.14. The SMILES string of the molecule is COc1ccc(-c2nc(SCC(=O)N[C@@H](C)CCc3ccccc3)[nH]c(=O)c2C#N)cc1. The fraction of sp³-hybridized carbons (Fsp3) is 0.250. The number of H-pyrrole nitrogens is 1. The average Bonchev–Trinajstić information content (AvgIpc) is 2.82. The number of carbonyl (C=O) groups is 1. The summed E-state index contributed by atoms with van der Waals surface area (Å²) in [6.07, 6.45) is 1.71. The molecule has 0 unspecified atom stereocenters. The van der Waals surface area contributed by atoms with E-state index in [0.717, 1.165) is 24.6 Å². The lowest BCUT2D eigenvalue weighted by Crippen LogP contribution is -2.34. The van der Waals surface area contributed by atoms with Gasteiger partial charge in [-0.2, -0.15) is 5.26 Å². The molecule has 1 heterocycles. The van der Waals surface area contributed by atoms with Crippen LogP contribution in [0.2, 0.25) is 0 Å². The maximum atomic E-state index is 12.4. The topological polar surface area (TPSA) is 108 Å². The third-order valence-electron chi connectivity index (χ3n) is 4.83. The first-order valence-corrected chi connectivity index (χ1v) is 11.1. The molecule has 2 aromatic carbocycles. The molecule has 0 radical (unpaired) electrons. The number of hydrogen-bond donors (Lipinski definition) is 2. The third-order valence-corrected chi connectivity index (χ3v) is 5.70. The van der Waals surface area contributed by atoms with Gasteiger partial charge in [0.05, 0.1) is 18.6 Å². The highest BCUT2D eigenvalue weighted by molar-refractivity contribution is 7.99. The Hall–Kier alpha value is -3.57. The number of hydrogen-bond acceptors (Lipinski definition) is 6. The number of nitrogens with one attached hydrogen (secondary N) is 2. The van der Waals surface area contributed by atoms with E-state index in [1.807, 2.05) is 31.2 Å². The summed E-state index contributed by atoms with van der Waals surface area (Å²) >= 11 is 1.12. The monoisotopic (exact) mass is 448 g/mol. The number of aryl methyl sites for hydroxylation is 1. The Labute approximate surface area is 190 Å². The molecule has 164 valence electrons. The van der Waals surface area contributed by atoms with Crippen molar-refractivity contribution in [1.82, 2.24) is 15.3 Å². The van der Waals surface area contributed by atoms with Crippen LogP contribution in [0, 0.1) is 11.3 Å². The Morgan fingerprint density at radius 3 is 2.59 bits per heavy atom. The molecule has 0 aliphatic rings. The van der Waals surface area contributed by atoms with Crippen LogP contribution in [0.25, 0.3) is 11.3 Å². The normalized spacial score (nSPS) is 11.4. The van der Waals surface area contributed by atoms with Gasteiger partial charge in [-0.3, -0.25) is 9.59 Å². The van der Waals surface area contributed by atoms with Crippen molar-refractivity contribution in [3.05, 3.63) is 76.1 Å². The number of nitriles is 1. The molecule has 0 aliphatic carbocycles. The van der Waals surface area contributed by atoms with Gasteiger partial charge in [0.25, 0.3) is 5.56 Å². The van der Waals surface area contributed by atoms with Gasteiger partial charge in [-0.15, -0.1) is 0 Å². The Morgan fingerprint density at radius 1 is 1.22 bits per heavy atom. The predicted octanol–water partition coefficient (Wildman–Crippen LogP) is 3.55. The first-order chi connectivity index (χ1) is 15.5. The number of benzene rings is 2. The van der Waals surface area contributed by atoms with Crippen LogP contribution in [0.4, 0.5) is 0 Å². The van der Waals surface area contributed by atoms with E-state index in [9.17, 15) is 14.9 Å². The van der Waals surface area contributed by atoms with Gasteiger partial charge in [0.1, 0.15) is 17.4 Å². The van der Waals surface area contributed by atoms with Gasteiger partial charge in [0.15, 0.2) is 5.16 Å². The number of thioether (sulfide) groups is 1. The second-order valence-electron chi connectivity index (χ2n) is 7.22. The predicted molar refractivity (Wildman–Crippen MR) is 125 cm³/mol. The van der Waals surface area contributed by atoms with Gasteiger partial charge < -0.3 is 15.0 Å². The molecule has 3 aromatic rings. The molecule has 7 nitrogen and oxygen atoms in total. The van der Waals surface area contributed by atoms with Crippen molar-refractivity contribution in [2.45, 2.75) is 31.0 Å². The van der Waals surface area contributed by atoms with Crippen molar-refractivity contribution in [1.29, 1.82) is 5.26 Å². The number of ether oxygens (including phenoxy) is 1. The van der Waals surface area contributed by atoms with E-state index in [-0.39, 0.29) is 34.1 Å². The van der Waals surface area contributed by atoms with Gasteiger partial charge in [0.2, 0.25) is 5.91 Å². The maximum Gasteiger partial charge on any atom is 0.270 e. The lowest BCUT2D eigenvalue weighted by molar-refractivity contribution is -0.119. The Morgan fingerprint density at radius 2 is 1.94 bits per heavy atom. The highest BCUT2D eigenvalue weighted by Gasteiger charge is 2.15.